The molecule has 1 atom stereocenters. The van der Waals surface area contributed by atoms with Crippen molar-refractivity contribution in [3.8, 4) is 0 Å². The second-order valence-corrected chi connectivity index (χ2v) is 7.38. The number of aliphatic imine (C=N–C) groups is 1. The average molecular weight is 374 g/mol. The van der Waals surface area contributed by atoms with E-state index in [0.717, 1.165) is 65.0 Å². The molecule has 150 valence electrons. The van der Waals surface area contributed by atoms with E-state index in [1.54, 1.807) is 0 Å². The first kappa shape index (κ1) is 20.0. The number of likely N-dealkylation sites (N-methyl/N-ethyl adjacent to an activating group) is 1. The van der Waals surface area contributed by atoms with Crippen molar-refractivity contribution in [3.63, 3.8) is 0 Å². The molecule has 6 heteroatoms. The molecule has 0 radical (unpaired) electrons. The Morgan fingerprint density at radius 3 is 2.74 bits per heavy atom. The molecule has 2 fully saturated rings. The van der Waals surface area contributed by atoms with Crippen molar-refractivity contribution in [2.45, 2.75) is 26.3 Å². The summed E-state index contributed by atoms with van der Waals surface area (Å²) in [4.78, 5) is 11.9. The summed E-state index contributed by atoms with van der Waals surface area (Å²) in [6.45, 7) is 13.3. The quantitative estimate of drug-likeness (QED) is 0.608. The van der Waals surface area contributed by atoms with Gasteiger partial charge in [-0.2, -0.15) is 0 Å². The maximum atomic E-state index is 5.49. The number of benzene rings is 1. The minimum Gasteiger partial charge on any atom is -0.379 e. The highest BCUT2D eigenvalue weighted by molar-refractivity contribution is 5.80. The lowest BCUT2D eigenvalue weighted by Crippen LogP contribution is -2.47. The third kappa shape index (κ3) is 5.14. The molecular weight excluding hydrogens is 338 g/mol. The molecule has 3 rings (SSSR count). The first-order valence-corrected chi connectivity index (χ1v) is 10.3. The van der Waals surface area contributed by atoms with Crippen LogP contribution in [0.3, 0.4) is 0 Å². The van der Waals surface area contributed by atoms with E-state index in [9.17, 15) is 0 Å². The van der Waals surface area contributed by atoms with Gasteiger partial charge in [-0.15, -0.1) is 0 Å². The highest BCUT2D eigenvalue weighted by atomic mass is 16.5. The van der Waals surface area contributed by atoms with Crippen LogP contribution < -0.4 is 10.2 Å². The topological polar surface area (TPSA) is 43.3 Å². The fraction of sp³-hybridized carbons (Fsp3) is 0.667. The van der Waals surface area contributed by atoms with Crippen molar-refractivity contribution < 1.29 is 4.74 Å². The molecule has 0 saturated carbocycles. The Labute approximate surface area is 164 Å². The van der Waals surface area contributed by atoms with Gasteiger partial charge in [-0.25, -0.2) is 0 Å². The summed E-state index contributed by atoms with van der Waals surface area (Å²) in [5, 5.41) is 3.58. The van der Waals surface area contributed by atoms with Gasteiger partial charge in [0, 0.05) is 64.6 Å². The van der Waals surface area contributed by atoms with Crippen molar-refractivity contribution in [1.82, 2.24) is 15.1 Å². The second kappa shape index (κ2) is 9.95. The maximum absolute atomic E-state index is 5.49. The molecule has 0 spiro atoms. The van der Waals surface area contributed by atoms with Crippen LogP contribution in [0.2, 0.25) is 0 Å². The molecule has 6 nitrogen and oxygen atoms in total. The van der Waals surface area contributed by atoms with E-state index in [2.05, 4.69) is 63.1 Å². The van der Waals surface area contributed by atoms with Crippen LogP contribution in [0.4, 0.5) is 5.69 Å². The van der Waals surface area contributed by atoms with Gasteiger partial charge >= 0.3 is 0 Å². The summed E-state index contributed by atoms with van der Waals surface area (Å²) in [7, 11) is 1.89. The number of nitrogens with one attached hydrogen (secondary N) is 1. The molecule has 2 saturated heterocycles. The number of morpholine rings is 1. The minimum absolute atomic E-state index is 0.631. The number of likely N-dealkylation sites (tertiary alicyclic amines) is 1. The van der Waals surface area contributed by atoms with Crippen LogP contribution in [0.1, 0.15) is 18.9 Å². The molecule has 2 aliphatic heterocycles. The molecular formula is C21H35N5O. The summed E-state index contributed by atoms with van der Waals surface area (Å²) in [5.41, 5.74) is 2.65. The van der Waals surface area contributed by atoms with Gasteiger partial charge in [0.05, 0.1) is 13.2 Å². The molecule has 1 unspecified atom stereocenters. The van der Waals surface area contributed by atoms with Crippen LogP contribution in [-0.2, 0) is 4.74 Å². The zero-order valence-corrected chi connectivity index (χ0v) is 17.2. The monoisotopic (exact) mass is 373 g/mol. The highest BCUT2D eigenvalue weighted by Crippen LogP contribution is 2.19. The van der Waals surface area contributed by atoms with E-state index in [-0.39, 0.29) is 0 Å². The predicted molar refractivity (Wildman–Crippen MR) is 113 cm³/mol. The van der Waals surface area contributed by atoms with Crippen LogP contribution in [0.25, 0.3) is 0 Å². The van der Waals surface area contributed by atoms with Gasteiger partial charge in [-0.1, -0.05) is 18.2 Å². The summed E-state index contributed by atoms with van der Waals surface area (Å²) >= 11 is 0. The first-order valence-electron chi connectivity index (χ1n) is 10.3. The normalized spacial score (nSPS) is 21.5. The van der Waals surface area contributed by atoms with E-state index in [4.69, 9.17) is 4.74 Å². The van der Waals surface area contributed by atoms with E-state index in [1.807, 2.05) is 7.05 Å². The van der Waals surface area contributed by atoms with Gasteiger partial charge in [0.1, 0.15) is 0 Å². The Kier molecular flexibility index (Phi) is 7.35. The van der Waals surface area contributed by atoms with Gasteiger partial charge in [0.2, 0.25) is 0 Å². The van der Waals surface area contributed by atoms with Crippen LogP contribution in [0.15, 0.2) is 29.3 Å². The minimum atomic E-state index is 0.631. The molecule has 1 aromatic rings. The summed E-state index contributed by atoms with van der Waals surface area (Å²) < 4.78 is 5.49. The number of anilines is 1. The SMILES string of the molecule is CCN(CCNC(=NC)N1CCC(N2CCOCC2)C1)c1ccccc1C. The number of ether oxygens (including phenoxy) is 1. The molecule has 0 aliphatic carbocycles. The lowest BCUT2D eigenvalue weighted by Gasteiger charge is -2.32. The molecule has 27 heavy (non-hydrogen) atoms. The molecule has 0 amide bonds. The predicted octanol–water partition coefficient (Wildman–Crippen LogP) is 1.80. The van der Waals surface area contributed by atoms with Gasteiger partial charge in [-0.05, 0) is 31.9 Å². The molecule has 1 N–H and O–H groups in total. The standard InChI is InChI=1S/C21H35N5O/c1-4-24(20-8-6-5-7-18(20)2)12-10-23-21(22-3)26-11-9-19(17-26)25-13-15-27-16-14-25/h5-8,19H,4,9-17H2,1-3H3,(H,22,23). The van der Waals surface area contributed by atoms with Crippen molar-refractivity contribution >= 4 is 11.6 Å². The van der Waals surface area contributed by atoms with Crippen LogP contribution in [0, 0.1) is 6.92 Å². The van der Waals surface area contributed by atoms with Crippen molar-refractivity contribution in [2.75, 3.05) is 71.0 Å². The lowest BCUT2D eigenvalue weighted by molar-refractivity contribution is 0.0195. The maximum Gasteiger partial charge on any atom is 0.193 e. The fourth-order valence-electron chi connectivity index (χ4n) is 4.18. The molecule has 1 aromatic carbocycles. The van der Waals surface area contributed by atoms with E-state index in [0.29, 0.717) is 6.04 Å². The Morgan fingerprint density at radius 2 is 2.04 bits per heavy atom. The number of guanidine groups is 1. The van der Waals surface area contributed by atoms with Gasteiger partial charge in [0.15, 0.2) is 5.96 Å². The molecule has 2 aliphatic rings. The smallest absolute Gasteiger partial charge is 0.193 e. The largest absolute Gasteiger partial charge is 0.379 e. The summed E-state index contributed by atoms with van der Waals surface area (Å²) in [6, 6.07) is 9.24. The van der Waals surface area contributed by atoms with Gasteiger partial charge < -0.3 is 19.9 Å². The number of hydrogen-bond acceptors (Lipinski definition) is 4. The van der Waals surface area contributed by atoms with Crippen molar-refractivity contribution in [1.29, 1.82) is 0 Å². The fourth-order valence-corrected chi connectivity index (χ4v) is 4.18. The van der Waals surface area contributed by atoms with Crippen molar-refractivity contribution in [3.05, 3.63) is 29.8 Å². The number of aryl methyl sites for hydroxylation is 1. The Hall–Kier alpha value is -1.79. The average Bonchev–Trinajstić information content (AvgIpc) is 3.20. The van der Waals surface area contributed by atoms with Gasteiger partial charge in [0.25, 0.3) is 0 Å². The zero-order valence-electron chi connectivity index (χ0n) is 17.2. The molecule has 0 bridgehead atoms. The lowest BCUT2D eigenvalue weighted by atomic mass is 10.2. The first-order chi connectivity index (χ1) is 13.2. The Balaban J connectivity index is 1.48. The van der Waals surface area contributed by atoms with Crippen LogP contribution in [-0.4, -0.2) is 87.9 Å². The number of para-hydroxylation sites is 1. The van der Waals surface area contributed by atoms with E-state index in [1.165, 1.54) is 17.7 Å². The van der Waals surface area contributed by atoms with Crippen molar-refractivity contribution in [2.24, 2.45) is 4.99 Å². The highest BCUT2D eigenvalue weighted by Gasteiger charge is 2.30. The van der Waals surface area contributed by atoms with Gasteiger partial charge in [-0.3, -0.25) is 9.89 Å². The molecule has 0 aromatic heterocycles. The zero-order chi connectivity index (χ0) is 19.1. The third-order valence-electron chi connectivity index (χ3n) is 5.74. The van der Waals surface area contributed by atoms with Crippen LogP contribution >= 0.6 is 0 Å². The Bertz CT molecular complexity index is 614. The van der Waals surface area contributed by atoms with E-state index < -0.39 is 0 Å². The second-order valence-electron chi connectivity index (χ2n) is 7.38. The summed E-state index contributed by atoms with van der Waals surface area (Å²) in [6.07, 6.45) is 1.21. The number of nitrogens with zero attached hydrogens (tertiary/aromatic N) is 4. The van der Waals surface area contributed by atoms with Crippen LogP contribution in [0.5, 0.6) is 0 Å². The number of rotatable bonds is 6. The van der Waals surface area contributed by atoms with E-state index >= 15 is 0 Å². The number of hydrogen-bond donors (Lipinski definition) is 1. The third-order valence-corrected chi connectivity index (χ3v) is 5.74. The molecule has 2 heterocycles. The summed E-state index contributed by atoms with van der Waals surface area (Å²) in [5.74, 6) is 1.03. The Morgan fingerprint density at radius 1 is 1.26 bits per heavy atom.